The largest absolute Gasteiger partial charge is 0.394 e. The predicted octanol–water partition coefficient (Wildman–Crippen LogP) is -2.00. The van der Waals surface area contributed by atoms with E-state index in [1.54, 1.807) is 6.92 Å². The molecule has 0 aliphatic carbocycles. The average Bonchev–Trinajstić information content (AvgIpc) is 2.56. The first-order chi connectivity index (χ1) is 8.78. The van der Waals surface area contributed by atoms with Crippen LogP contribution in [0.1, 0.15) is 13.8 Å². The third-order valence-corrected chi connectivity index (χ3v) is 3.63. The van der Waals surface area contributed by atoms with Crippen LogP contribution >= 0.6 is 0 Å². The SMILES string of the molecule is CC1CN([C@@H]2O[C@H](CO)[C@@H](O)[C@@]2(C)O)C(=O)NC1=O. The number of carbonyl (C=O) groups is 2. The molecule has 0 radical (unpaired) electrons. The van der Waals surface area contributed by atoms with E-state index >= 15 is 0 Å². The standard InChI is InChI=1S/C11H18N2O6/c1-5-3-13(10(17)12-8(5)16)9-11(2,18)7(15)6(4-14)19-9/h5-7,9,14-15,18H,3-4H2,1-2H3,(H,12,16,17)/t5?,6-,7-,9-,11-/m1/s1. The van der Waals surface area contributed by atoms with E-state index < -0.39 is 48.5 Å². The lowest BCUT2D eigenvalue weighted by atomic mass is 9.95. The van der Waals surface area contributed by atoms with Gasteiger partial charge in [0, 0.05) is 6.54 Å². The highest BCUT2D eigenvalue weighted by Crippen LogP contribution is 2.34. The monoisotopic (exact) mass is 274 g/mol. The highest BCUT2D eigenvalue weighted by molar-refractivity contribution is 5.97. The van der Waals surface area contributed by atoms with E-state index in [-0.39, 0.29) is 6.54 Å². The van der Waals surface area contributed by atoms with Crippen molar-refractivity contribution in [2.24, 2.45) is 5.92 Å². The molecule has 0 aromatic rings. The second-order valence-electron chi connectivity index (χ2n) is 5.23. The minimum atomic E-state index is -1.72. The number of aliphatic hydroxyl groups is 3. The minimum Gasteiger partial charge on any atom is -0.394 e. The van der Waals surface area contributed by atoms with Crippen molar-refractivity contribution in [1.82, 2.24) is 10.2 Å². The van der Waals surface area contributed by atoms with Crippen molar-refractivity contribution in [3.63, 3.8) is 0 Å². The molecule has 2 heterocycles. The minimum absolute atomic E-state index is 0.0797. The summed E-state index contributed by atoms with van der Waals surface area (Å²) in [4.78, 5) is 24.3. The van der Waals surface area contributed by atoms with E-state index in [0.29, 0.717) is 0 Å². The molecule has 19 heavy (non-hydrogen) atoms. The molecule has 8 nitrogen and oxygen atoms in total. The smallest absolute Gasteiger partial charge is 0.326 e. The van der Waals surface area contributed by atoms with Crippen LogP contribution in [-0.4, -0.2) is 69.3 Å². The highest BCUT2D eigenvalue weighted by Gasteiger charge is 2.56. The number of imide groups is 1. The molecular weight excluding hydrogens is 256 g/mol. The summed E-state index contributed by atoms with van der Waals surface area (Å²) in [6.07, 6.45) is -3.40. The zero-order chi connectivity index (χ0) is 14.4. The van der Waals surface area contributed by atoms with Gasteiger partial charge in [0.15, 0.2) is 6.23 Å². The first-order valence-corrected chi connectivity index (χ1v) is 6.07. The number of hydrogen-bond acceptors (Lipinski definition) is 6. The van der Waals surface area contributed by atoms with Gasteiger partial charge >= 0.3 is 6.03 Å². The summed E-state index contributed by atoms with van der Waals surface area (Å²) in [5, 5.41) is 31.3. The first kappa shape index (κ1) is 14.2. The van der Waals surface area contributed by atoms with Crippen LogP contribution in [0.25, 0.3) is 0 Å². The van der Waals surface area contributed by atoms with Crippen molar-refractivity contribution in [3.8, 4) is 0 Å². The third-order valence-electron chi connectivity index (χ3n) is 3.63. The second-order valence-corrected chi connectivity index (χ2v) is 5.23. The molecule has 2 fully saturated rings. The lowest BCUT2D eigenvalue weighted by molar-refractivity contribution is -0.139. The van der Waals surface area contributed by atoms with Gasteiger partial charge in [-0.05, 0) is 6.92 Å². The molecule has 2 aliphatic heterocycles. The summed E-state index contributed by atoms with van der Waals surface area (Å²) in [5.41, 5.74) is -1.72. The molecule has 108 valence electrons. The van der Waals surface area contributed by atoms with E-state index in [2.05, 4.69) is 5.32 Å². The van der Waals surface area contributed by atoms with Gasteiger partial charge in [-0.3, -0.25) is 15.0 Å². The lowest BCUT2D eigenvalue weighted by Gasteiger charge is -2.39. The molecule has 8 heteroatoms. The maximum Gasteiger partial charge on any atom is 0.326 e. The van der Waals surface area contributed by atoms with Crippen molar-refractivity contribution >= 4 is 11.9 Å². The van der Waals surface area contributed by atoms with Gasteiger partial charge in [-0.2, -0.15) is 0 Å². The molecule has 0 saturated carbocycles. The Labute approximate surface area is 110 Å². The summed E-state index contributed by atoms with van der Waals surface area (Å²) in [7, 11) is 0. The van der Waals surface area contributed by atoms with Gasteiger partial charge in [-0.25, -0.2) is 4.79 Å². The van der Waals surface area contributed by atoms with Crippen LogP contribution in [0.2, 0.25) is 0 Å². The van der Waals surface area contributed by atoms with Crippen molar-refractivity contribution in [2.75, 3.05) is 13.2 Å². The Balaban J connectivity index is 2.22. The van der Waals surface area contributed by atoms with E-state index in [4.69, 9.17) is 9.84 Å². The van der Waals surface area contributed by atoms with Gasteiger partial charge in [0.05, 0.1) is 12.5 Å². The van der Waals surface area contributed by atoms with Gasteiger partial charge in [0.2, 0.25) is 5.91 Å². The fourth-order valence-electron chi connectivity index (χ4n) is 2.40. The Morgan fingerprint density at radius 1 is 1.53 bits per heavy atom. The molecular formula is C11H18N2O6. The van der Waals surface area contributed by atoms with Crippen LogP contribution in [0.3, 0.4) is 0 Å². The Hall–Kier alpha value is -1.22. The van der Waals surface area contributed by atoms with Crippen LogP contribution in [0.4, 0.5) is 4.79 Å². The molecule has 3 amide bonds. The van der Waals surface area contributed by atoms with E-state index in [9.17, 15) is 19.8 Å². The Kier molecular flexibility index (Phi) is 3.52. The molecule has 1 unspecified atom stereocenters. The number of urea groups is 1. The number of nitrogens with one attached hydrogen (secondary N) is 1. The highest BCUT2D eigenvalue weighted by atomic mass is 16.6. The number of rotatable bonds is 2. The molecule has 4 N–H and O–H groups in total. The number of hydrogen-bond donors (Lipinski definition) is 4. The summed E-state index contributed by atoms with van der Waals surface area (Å²) in [6, 6.07) is -0.681. The van der Waals surface area contributed by atoms with E-state index in [1.165, 1.54) is 6.92 Å². The molecule has 2 aliphatic rings. The topological polar surface area (TPSA) is 119 Å². The van der Waals surface area contributed by atoms with Crippen LogP contribution in [0.15, 0.2) is 0 Å². The van der Waals surface area contributed by atoms with Crippen molar-refractivity contribution in [2.45, 2.75) is 37.9 Å². The van der Waals surface area contributed by atoms with Gasteiger partial charge < -0.3 is 20.1 Å². The van der Waals surface area contributed by atoms with E-state index in [0.717, 1.165) is 4.90 Å². The first-order valence-electron chi connectivity index (χ1n) is 6.07. The number of nitrogens with zero attached hydrogens (tertiary/aromatic N) is 1. The second kappa shape index (κ2) is 4.71. The summed E-state index contributed by atoms with van der Waals surface area (Å²) >= 11 is 0. The molecule has 2 saturated heterocycles. The summed E-state index contributed by atoms with van der Waals surface area (Å²) < 4.78 is 5.34. The number of ether oxygens (including phenoxy) is 1. The normalized spacial score (nSPS) is 43.5. The molecule has 0 aromatic carbocycles. The Morgan fingerprint density at radius 3 is 2.68 bits per heavy atom. The predicted molar refractivity (Wildman–Crippen MR) is 61.8 cm³/mol. The number of aliphatic hydroxyl groups excluding tert-OH is 2. The Morgan fingerprint density at radius 2 is 2.16 bits per heavy atom. The van der Waals surface area contributed by atoms with Gasteiger partial charge in [-0.1, -0.05) is 6.92 Å². The molecule has 0 bridgehead atoms. The maximum absolute atomic E-state index is 11.8. The fourth-order valence-corrected chi connectivity index (χ4v) is 2.40. The molecule has 5 atom stereocenters. The zero-order valence-electron chi connectivity index (χ0n) is 10.7. The average molecular weight is 274 g/mol. The van der Waals surface area contributed by atoms with Gasteiger partial charge in [-0.15, -0.1) is 0 Å². The van der Waals surface area contributed by atoms with Crippen LogP contribution in [0.5, 0.6) is 0 Å². The van der Waals surface area contributed by atoms with Crippen molar-refractivity contribution < 1.29 is 29.6 Å². The van der Waals surface area contributed by atoms with Gasteiger partial charge in [0.1, 0.15) is 17.8 Å². The van der Waals surface area contributed by atoms with Crippen LogP contribution in [0, 0.1) is 5.92 Å². The van der Waals surface area contributed by atoms with E-state index in [1.807, 2.05) is 0 Å². The van der Waals surface area contributed by atoms with Crippen LogP contribution in [-0.2, 0) is 9.53 Å². The maximum atomic E-state index is 11.8. The number of amides is 3. The lowest BCUT2D eigenvalue weighted by Crippen LogP contribution is -2.62. The van der Waals surface area contributed by atoms with Crippen LogP contribution < -0.4 is 5.32 Å². The quantitative estimate of drug-likeness (QED) is 0.462. The summed E-state index contributed by atoms with van der Waals surface area (Å²) in [5.74, 6) is -0.833. The molecule has 0 aromatic heterocycles. The fraction of sp³-hybridized carbons (Fsp3) is 0.818. The number of carbonyl (C=O) groups excluding carboxylic acids is 2. The molecule has 0 spiro atoms. The summed E-state index contributed by atoms with van der Waals surface area (Å²) in [6.45, 7) is 2.57. The van der Waals surface area contributed by atoms with Gasteiger partial charge in [0.25, 0.3) is 0 Å². The zero-order valence-corrected chi connectivity index (χ0v) is 10.7. The third kappa shape index (κ3) is 2.20. The van der Waals surface area contributed by atoms with Crippen molar-refractivity contribution in [3.05, 3.63) is 0 Å². The molecule has 2 rings (SSSR count). The Bertz CT molecular complexity index is 399. The van der Waals surface area contributed by atoms with Crippen molar-refractivity contribution in [1.29, 1.82) is 0 Å².